The van der Waals surface area contributed by atoms with Crippen molar-refractivity contribution in [2.45, 2.75) is 40.0 Å². The van der Waals surface area contributed by atoms with Crippen LogP contribution in [-0.4, -0.2) is 54.4 Å². The van der Waals surface area contributed by atoms with Gasteiger partial charge in [-0.25, -0.2) is 4.98 Å². The Morgan fingerprint density at radius 3 is 2.62 bits per heavy atom. The Balaban J connectivity index is 1.24. The van der Waals surface area contributed by atoms with Gasteiger partial charge in [0.15, 0.2) is 5.13 Å². The molecule has 2 aliphatic rings. The number of hydrogen-bond acceptors (Lipinski definition) is 5. The number of nitrogens with zero attached hydrogens (tertiary/aromatic N) is 4. The molecule has 6 nitrogen and oxygen atoms in total. The fourth-order valence-corrected chi connectivity index (χ4v) is 6.25. The van der Waals surface area contributed by atoms with Crippen LogP contribution in [0.2, 0.25) is 0 Å². The highest BCUT2D eigenvalue weighted by Crippen LogP contribution is 2.33. The molecule has 178 valence electrons. The zero-order valence-electron chi connectivity index (χ0n) is 20.2. The number of para-hydroxylation sites is 1. The van der Waals surface area contributed by atoms with Gasteiger partial charge in [0.05, 0.1) is 16.1 Å². The SMILES string of the molecule is CCc1ccc2nc(N3CCN(C(=O)C4CC(=O)N(c5c(C)cccc5CC)C4)CC3)sc2c1. The lowest BCUT2D eigenvalue weighted by Gasteiger charge is -2.35. The first-order chi connectivity index (χ1) is 16.5. The maximum atomic E-state index is 13.3. The topological polar surface area (TPSA) is 56.8 Å². The molecule has 0 saturated carbocycles. The number of aryl methyl sites for hydroxylation is 3. The number of anilines is 2. The van der Waals surface area contributed by atoms with Crippen molar-refractivity contribution in [3.63, 3.8) is 0 Å². The number of fused-ring (bicyclic) bond motifs is 1. The Morgan fingerprint density at radius 2 is 1.88 bits per heavy atom. The van der Waals surface area contributed by atoms with E-state index in [9.17, 15) is 9.59 Å². The molecule has 7 heteroatoms. The predicted molar refractivity (Wildman–Crippen MR) is 139 cm³/mol. The van der Waals surface area contributed by atoms with Gasteiger partial charge >= 0.3 is 0 Å². The third kappa shape index (κ3) is 4.17. The number of piperazine rings is 1. The zero-order chi connectivity index (χ0) is 23.8. The molecule has 5 rings (SSSR count). The molecule has 1 unspecified atom stereocenters. The fourth-order valence-electron chi connectivity index (χ4n) is 5.17. The molecule has 1 aromatic heterocycles. The Labute approximate surface area is 205 Å². The summed E-state index contributed by atoms with van der Waals surface area (Å²) in [4.78, 5) is 37.1. The molecule has 34 heavy (non-hydrogen) atoms. The van der Waals surface area contributed by atoms with Gasteiger partial charge in [-0.2, -0.15) is 0 Å². The van der Waals surface area contributed by atoms with Gasteiger partial charge in [-0.15, -0.1) is 0 Å². The molecule has 0 N–H and O–H groups in total. The third-order valence-corrected chi connectivity index (χ3v) is 8.24. The van der Waals surface area contributed by atoms with Crippen LogP contribution in [0.3, 0.4) is 0 Å². The van der Waals surface area contributed by atoms with Crippen molar-refractivity contribution in [3.05, 3.63) is 53.1 Å². The quantitative estimate of drug-likeness (QED) is 0.547. The van der Waals surface area contributed by atoms with Crippen molar-refractivity contribution in [1.82, 2.24) is 9.88 Å². The fraction of sp³-hybridized carbons (Fsp3) is 0.444. The molecule has 2 saturated heterocycles. The molecular formula is C27H32N4O2S. The van der Waals surface area contributed by atoms with E-state index in [2.05, 4.69) is 43.0 Å². The number of rotatable bonds is 5. The lowest BCUT2D eigenvalue weighted by Crippen LogP contribution is -2.50. The lowest BCUT2D eigenvalue weighted by atomic mass is 10.0. The molecule has 1 atom stereocenters. The summed E-state index contributed by atoms with van der Waals surface area (Å²) in [5, 5.41) is 1.03. The van der Waals surface area contributed by atoms with Crippen molar-refractivity contribution < 1.29 is 9.59 Å². The van der Waals surface area contributed by atoms with Gasteiger partial charge in [0, 0.05) is 44.8 Å². The Morgan fingerprint density at radius 1 is 1.09 bits per heavy atom. The highest BCUT2D eigenvalue weighted by molar-refractivity contribution is 7.22. The molecular weight excluding hydrogens is 444 g/mol. The Hall–Kier alpha value is -2.93. The van der Waals surface area contributed by atoms with Gasteiger partial charge in [0.25, 0.3) is 0 Å². The number of thiazole rings is 1. The average Bonchev–Trinajstić information content (AvgIpc) is 3.46. The molecule has 0 spiro atoms. The largest absolute Gasteiger partial charge is 0.345 e. The van der Waals surface area contributed by atoms with Crippen molar-refractivity contribution in [2.75, 3.05) is 42.5 Å². The smallest absolute Gasteiger partial charge is 0.228 e. The maximum absolute atomic E-state index is 13.3. The standard InChI is InChI=1S/C27H32N4O2S/c1-4-19-9-10-22-23(15-19)34-27(28-22)30-13-11-29(12-14-30)26(33)21-16-24(32)31(17-21)25-18(3)7-6-8-20(25)5-2/h6-10,15,21H,4-5,11-14,16-17H2,1-3H3. The summed E-state index contributed by atoms with van der Waals surface area (Å²) in [5.41, 5.74) is 5.63. The molecule has 2 aromatic carbocycles. The van der Waals surface area contributed by atoms with E-state index in [0.717, 1.165) is 53.4 Å². The Kier molecular flexibility index (Phi) is 6.30. The van der Waals surface area contributed by atoms with E-state index < -0.39 is 0 Å². The normalized spacial score (nSPS) is 18.9. The second kappa shape index (κ2) is 9.37. The molecule has 0 aliphatic carbocycles. The highest BCUT2D eigenvalue weighted by Gasteiger charge is 2.39. The Bertz CT molecular complexity index is 1230. The molecule has 3 aromatic rings. The maximum Gasteiger partial charge on any atom is 0.228 e. The monoisotopic (exact) mass is 476 g/mol. The van der Waals surface area contributed by atoms with Crippen LogP contribution < -0.4 is 9.80 Å². The number of carbonyl (C=O) groups is 2. The first kappa shape index (κ1) is 22.8. The first-order valence-corrected chi connectivity index (χ1v) is 13.1. The minimum atomic E-state index is -0.265. The van der Waals surface area contributed by atoms with E-state index in [1.807, 2.05) is 28.9 Å². The van der Waals surface area contributed by atoms with Crippen LogP contribution in [0.5, 0.6) is 0 Å². The van der Waals surface area contributed by atoms with Crippen LogP contribution in [0, 0.1) is 12.8 Å². The van der Waals surface area contributed by atoms with Crippen molar-refractivity contribution >= 4 is 44.2 Å². The van der Waals surface area contributed by atoms with Crippen LogP contribution in [-0.2, 0) is 22.4 Å². The summed E-state index contributed by atoms with van der Waals surface area (Å²) in [6.45, 7) is 9.68. The number of benzene rings is 2. The van der Waals surface area contributed by atoms with Gasteiger partial charge in [0.1, 0.15) is 0 Å². The number of hydrogen-bond donors (Lipinski definition) is 0. The highest BCUT2D eigenvalue weighted by atomic mass is 32.1. The van der Waals surface area contributed by atoms with Crippen molar-refractivity contribution in [3.8, 4) is 0 Å². The van der Waals surface area contributed by atoms with Gasteiger partial charge in [-0.05, 0) is 48.6 Å². The zero-order valence-corrected chi connectivity index (χ0v) is 21.0. The molecule has 0 bridgehead atoms. The summed E-state index contributed by atoms with van der Waals surface area (Å²) in [7, 11) is 0. The third-order valence-electron chi connectivity index (χ3n) is 7.16. The van der Waals surface area contributed by atoms with Gasteiger partial charge in [-0.3, -0.25) is 9.59 Å². The molecule has 2 amide bonds. The van der Waals surface area contributed by atoms with E-state index in [-0.39, 0.29) is 17.7 Å². The van der Waals surface area contributed by atoms with Crippen LogP contribution >= 0.6 is 11.3 Å². The van der Waals surface area contributed by atoms with E-state index >= 15 is 0 Å². The van der Waals surface area contributed by atoms with Crippen LogP contribution in [0.1, 0.15) is 37.0 Å². The summed E-state index contributed by atoms with van der Waals surface area (Å²) < 4.78 is 1.22. The van der Waals surface area contributed by atoms with E-state index in [1.165, 1.54) is 10.3 Å². The van der Waals surface area contributed by atoms with Crippen LogP contribution in [0.4, 0.5) is 10.8 Å². The van der Waals surface area contributed by atoms with E-state index in [4.69, 9.17) is 4.98 Å². The lowest BCUT2D eigenvalue weighted by molar-refractivity contribution is -0.136. The van der Waals surface area contributed by atoms with Crippen LogP contribution in [0.15, 0.2) is 36.4 Å². The summed E-state index contributed by atoms with van der Waals surface area (Å²) >= 11 is 1.73. The van der Waals surface area contributed by atoms with E-state index in [1.54, 1.807) is 11.3 Å². The molecule has 3 heterocycles. The molecule has 2 aliphatic heterocycles. The minimum Gasteiger partial charge on any atom is -0.345 e. The van der Waals surface area contributed by atoms with Crippen molar-refractivity contribution in [2.24, 2.45) is 5.92 Å². The second-order valence-corrected chi connectivity index (χ2v) is 10.3. The van der Waals surface area contributed by atoms with Gasteiger partial charge in [-0.1, -0.05) is 49.4 Å². The summed E-state index contributed by atoms with van der Waals surface area (Å²) in [5.74, 6) is -0.0980. The molecule has 2 fully saturated rings. The van der Waals surface area contributed by atoms with Crippen LogP contribution in [0.25, 0.3) is 10.2 Å². The summed E-state index contributed by atoms with van der Waals surface area (Å²) in [6.07, 6.45) is 2.19. The average molecular weight is 477 g/mol. The number of carbonyl (C=O) groups excluding carboxylic acids is 2. The van der Waals surface area contributed by atoms with Gasteiger partial charge in [0.2, 0.25) is 11.8 Å². The first-order valence-electron chi connectivity index (χ1n) is 12.3. The second-order valence-electron chi connectivity index (χ2n) is 9.31. The minimum absolute atomic E-state index is 0.0573. The number of aromatic nitrogens is 1. The van der Waals surface area contributed by atoms with Crippen molar-refractivity contribution in [1.29, 1.82) is 0 Å². The molecule has 0 radical (unpaired) electrons. The number of amides is 2. The van der Waals surface area contributed by atoms with E-state index in [0.29, 0.717) is 26.1 Å². The predicted octanol–water partition coefficient (Wildman–Crippen LogP) is 4.43. The van der Waals surface area contributed by atoms with Gasteiger partial charge < -0.3 is 14.7 Å². The summed E-state index contributed by atoms with van der Waals surface area (Å²) in [6, 6.07) is 12.6.